The summed E-state index contributed by atoms with van der Waals surface area (Å²) in [6, 6.07) is 31.6. The van der Waals surface area contributed by atoms with Crippen molar-refractivity contribution in [1.82, 2.24) is 14.9 Å². The van der Waals surface area contributed by atoms with E-state index in [0.29, 0.717) is 30.0 Å². The second-order valence-electron chi connectivity index (χ2n) is 8.54. The van der Waals surface area contributed by atoms with Crippen LogP contribution in [0, 0.1) is 5.82 Å². The van der Waals surface area contributed by atoms with Crippen molar-refractivity contribution in [3.8, 4) is 5.75 Å². The van der Waals surface area contributed by atoms with Crippen LogP contribution in [0.3, 0.4) is 0 Å². The Morgan fingerprint density at radius 2 is 1.61 bits per heavy atom. The second-order valence-corrected chi connectivity index (χ2v) is 8.54. The van der Waals surface area contributed by atoms with E-state index in [2.05, 4.69) is 5.32 Å². The van der Waals surface area contributed by atoms with Gasteiger partial charge >= 0.3 is 0 Å². The third-order valence-corrected chi connectivity index (χ3v) is 5.97. The number of imidazole rings is 1. The van der Waals surface area contributed by atoms with E-state index in [1.807, 2.05) is 77.4 Å². The molecule has 0 spiro atoms. The zero-order valence-corrected chi connectivity index (χ0v) is 19.7. The first kappa shape index (κ1) is 23.3. The summed E-state index contributed by atoms with van der Waals surface area (Å²) in [5.74, 6) is 1.00. The van der Waals surface area contributed by atoms with Crippen LogP contribution in [-0.4, -0.2) is 22.0 Å². The van der Waals surface area contributed by atoms with Crippen molar-refractivity contribution in [3.63, 3.8) is 0 Å². The Bertz CT molecular complexity index is 1470. The molecule has 1 N–H and O–H groups in total. The van der Waals surface area contributed by atoms with Crippen molar-refractivity contribution in [1.29, 1.82) is 0 Å². The molecular weight excluding hydrogens is 453 g/mol. The van der Waals surface area contributed by atoms with Crippen LogP contribution in [0.2, 0.25) is 0 Å². The van der Waals surface area contributed by atoms with Crippen LogP contribution in [-0.2, 0) is 19.6 Å². The molecule has 1 heterocycles. The number of rotatable bonds is 9. The molecule has 0 saturated heterocycles. The van der Waals surface area contributed by atoms with Gasteiger partial charge in [-0.1, -0.05) is 60.7 Å². The summed E-state index contributed by atoms with van der Waals surface area (Å²) >= 11 is 0. The molecule has 0 atom stereocenters. The number of amides is 1. The van der Waals surface area contributed by atoms with Crippen molar-refractivity contribution in [2.45, 2.75) is 19.6 Å². The van der Waals surface area contributed by atoms with Gasteiger partial charge in [0.1, 0.15) is 24.0 Å². The van der Waals surface area contributed by atoms with Crippen LogP contribution >= 0.6 is 0 Å². The molecule has 1 aromatic heterocycles. The highest BCUT2D eigenvalue weighted by Gasteiger charge is 2.15. The summed E-state index contributed by atoms with van der Waals surface area (Å²) < 4.78 is 21.8. The van der Waals surface area contributed by atoms with Gasteiger partial charge in [0.15, 0.2) is 0 Å². The van der Waals surface area contributed by atoms with Gasteiger partial charge in [0.2, 0.25) is 0 Å². The highest BCUT2D eigenvalue weighted by Crippen LogP contribution is 2.22. The Labute approximate surface area is 209 Å². The van der Waals surface area contributed by atoms with Crippen molar-refractivity contribution in [3.05, 3.63) is 131 Å². The number of para-hydroxylation sites is 1. The number of ether oxygens (including phenoxy) is 1. The van der Waals surface area contributed by atoms with E-state index >= 15 is 0 Å². The van der Waals surface area contributed by atoms with Crippen LogP contribution in [0.15, 0.2) is 103 Å². The van der Waals surface area contributed by atoms with Crippen molar-refractivity contribution in [2.24, 2.45) is 0 Å². The van der Waals surface area contributed by atoms with Gasteiger partial charge in [-0.15, -0.1) is 0 Å². The molecule has 5 aromatic rings. The number of fused-ring (bicyclic) bond motifs is 1. The maximum Gasteiger partial charge on any atom is 0.251 e. The highest BCUT2D eigenvalue weighted by atomic mass is 19.1. The van der Waals surface area contributed by atoms with Gasteiger partial charge in [-0.05, 0) is 60.0 Å². The van der Waals surface area contributed by atoms with Crippen LogP contribution < -0.4 is 10.1 Å². The topological polar surface area (TPSA) is 56.1 Å². The van der Waals surface area contributed by atoms with Gasteiger partial charge in [-0.25, -0.2) is 9.37 Å². The Balaban J connectivity index is 1.38. The van der Waals surface area contributed by atoms with Crippen LogP contribution in [0.4, 0.5) is 4.39 Å². The number of nitrogens with one attached hydrogen (secondary N) is 1. The van der Waals surface area contributed by atoms with Crippen molar-refractivity contribution >= 4 is 16.9 Å². The SMILES string of the molecule is O=C(NCCc1ccccc1)c1ccc2c(c1)nc(COc1ccccc1)n2Cc1cccc(F)c1. The minimum atomic E-state index is -0.284. The van der Waals surface area contributed by atoms with Crippen LogP contribution in [0.5, 0.6) is 5.75 Å². The summed E-state index contributed by atoms with van der Waals surface area (Å²) in [5, 5.41) is 2.99. The first-order valence-corrected chi connectivity index (χ1v) is 11.9. The average Bonchev–Trinajstić information content (AvgIpc) is 3.25. The number of nitrogens with zero attached hydrogens (tertiary/aromatic N) is 2. The Morgan fingerprint density at radius 1 is 0.861 bits per heavy atom. The third kappa shape index (κ3) is 5.61. The number of carbonyl (C=O) groups is 1. The maximum absolute atomic E-state index is 13.8. The Morgan fingerprint density at radius 3 is 2.39 bits per heavy atom. The van der Waals surface area contributed by atoms with Crippen LogP contribution in [0.1, 0.15) is 27.3 Å². The lowest BCUT2D eigenvalue weighted by Crippen LogP contribution is -2.25. The molecule has 0 aliphatic rings. The number of aromatic nitrogens is 2. The monoisotopic (exact) mass is 479 g/mol. The van der Waals surface area contributed by atoms with E-state index < -0.39 is 0 Å². The normalized spacial score (nSPS) is 10.9. The minimum absolute atomic E-state index is 0.144. The number of benzene rings is 4. The number of hydrogen-bond donors (Lipinski definition) is 1. The fraction of sp³-hybridized carbons (Fsp3) is 0.133. The lowest BCUT2D eigenvalue weighted by Gasteiger charge is -2.11. The molecule has 0 radical (unpaired) electrons. The van der Waals surface area contributed by atoms with Gasteiger partial charge in [0.05, 0.1) is 11.0 Å². The van der Waals surface area contributed by atoms with Gasteiger partial charge < -0.3 is 14.6 Å². The fourth-order valence-corrected chi connectivity index (χ4v) is 4.16. The number of carbonyl (C=O) groups excluding carboxylic acids is 1. The van der Waals surface area contributed by atoms with Crippen molar-refractivity contribution in [2.75, 3.05) is 6.54 Å². The largest absolute Gasteiger partial charge is 0.486 e. The summed E-state index contributed by atoms with van der Waals surface area (Å²) in [6.45, 7) is 1.22. The summed E-state index contributed by atoms with van der Waals surface area (Å²) in [4.78, 5) is 17.6. The molecule has 4 aromatic carbocycles. The zero-order valence-electron chi connectivity index (χ0n) is 19.7. The van der Waals surface area contributed by atoms with E-state index in [1.165, 1.54) is 17.7 Å². The predicted octanol–water partition coefficient (Wildman–Crippen LogP) is 5.78. The van der Waals surface area contributed by atoms with Crippen LogP contribution in [0.25, 0.3) is 11.0 Å². The smallest absolute Gasteiger partial charge is 0.251 e. The van der Waals surface area contributed by atoms with E-state index in [4.69, 9.17) is 9.72 Å². The summed E-state index contributed by atoms with van der Waals surface area (Å²) in [7, 11) is 0. The third-order valence-electron chi connectivity index (χ3n) is 5.97. The molecule has 36 heavy (non-hydrogen) atoms. The molecule has 1 amide bonds. The first-order valence-electron chi connectivity index (χ1n) is 11.9. The average molecular weight is 480 g/mol. The molecule has 0 aliphatic carbocycles. The van der Waals surface area contributed by atoms with Gasteiger partial charge in [-0.2, -0.15) is 0 Å². The molecule has 0 aliphatic heterocycles. The number of halogens is 1. The number of hydrogen-bond acceptors (Lipinski definition) is 3. The van der Waals surface area contributed by atoms with E-state index in [1.54, 1.807) is 18.2 Å². The van der Waals surface area contributed by atoms with E-state index in [9.17, 15) is 9.18 Å². The summed E-state index contributed by atoms with van der Waals surface area (Å²) in [5.41, 5.74) is 4.08. The fourth-order valence-electron chi connectivity index (χ4n) is 4.16. The molecule has 5 rings (SSSR count). The van der Waals surface area contributed by atoms with Gasteiger partial charge in [-0.3, -0.25) is 4.79 Å². The van der Waals surface area contributed by atoms with Gasteiger partial charge in [0.25, 0.3) is 5.91 Å². The van der Waals surface area contributed by atoms with Crippen molar-refractivity contribution < 1.29 is 13.9 Å². The molecular formula is C30H26FN3O2. The summed E-state index contributed by atoms with van der Waals surface area (Å²) in [6.07, 6.45) is 0.762. The minimum Gasteiger partial charge on any atom is -0.486 e. The molecule has 0 saturated carbocycles. The Kier molecular flexibility index (Phi) is 7.03. The standard InChI is InChI=1S/C30H26FN3O2/c31-25-11-7-10-23(18-25)20-34-28-15-14-24(30(35)32-17-16-22-8-3-1-4-9-22)19-27(28)33-29(34)21-36-26-12-5-2-6-13-26/h1-15,18-19H,16-17,20-21H2,(H,32,35). The molecule has 180 valence electrons. The Hall–Kier alpha value is -4.45. The lowest BCUT2D eigenvalue weighted by molar-refractivity contribution is 0.0954. The zero-order chi connectivity index (χ0) is 24.7. The quantitative estimate of drug-likeness (QED) is 0.292. The predicted molar refractivity (Wildman–Crippen MR) is 138 cm³/mol. The molecule has 0 fully saturated rings. The molecule has 6 heteroatoms. The van der Waals surface area contributed by atoms with Gasteiger partial charge in [0, 0.05) is 18.7 Å². The van der Waals surface area contributed by atoms with E-state index in [0.717, 1.165) is 23.3 Å². The lowest BCUT2D eigenvalue weighted by atomic mass is 10.1. The highest BCUT2D eigenvalue weighted by molar-refractivity contribution is 5.97. The first-order chi connectivity index (χ1) is 17.7. The second kappa shape index (κ2) is 10.9. The van der Waals surface area contributed by atoms with E-state index in [-0.39, 0.29) is 18.3 Å². The molecule has 0 bridgehead atoms. The maximum atomic E-state index is 13.8. The molecule has 5 nitrogen and oxygen atoms in total. The molecule has 0 unspecified atom stereocenters.